The molecule has 100 valence electrons. The van der Waals surface area contributed by atoms with Crippen molar-refractivity contribution in [2.75, 3.05) is 20.1 Å². The summed E-state index contributed by atoms with van der Waals surface area (Å²) in [5.41, 5.74) is 0. The van der Waals surface area contributed by atoms with Crippen molar-refractivity contribution < 1.29 is 9.34 Å². The smallest absolute Gasteiger partial charge is 0.404 e. The summed E-state index contributed by atoms with van der Waals surface area (Å²) >= 11 is 0. The maximum absolute atomic E-state index is 10.5. The summed E-state index contributed by atoms with van der Waals surface area (Å²) in [6.45, 7) is 2.74. The van der Waals surface area contributed by atoms with Gasteiger partial charge in [0, 0.05) is 6.04 Å². The Morgan fingerprint density at radius 3 is 3.06 bits per heavy atom. The Morgan fingerprint density at radius 2 is 2.33 bits per heavy atom. The van der Waals surface area contributed by atoms with Crippen molar-refractivity contribution in [2.24, 2.45) is 0 Å². The number of hydrogen-bond acceptors (Lipinski definition) is 5. The summed E-state index contributed by atoms with van der Waals surface area (Å²) in [5, 5.41) is 13.9. The monoisotopic (exact) mass is 253 g/mol. The van der Waals surface area contributed by atoms with E-state index in [4.69, 9.17) is 4.42 Å². The molecule has 0 spiro atoms. The normalized spacial score (nSPS) is 20.9. The number of furan rings is 1. The average molecular weight is 253 g/mol. The molecule has 0 aliphatic carbocycles. The summed E-state index contributed by atoms with van der Waals surface area (Å²) in [7, 11) is 2.05. The van der Waals surface area contributed by atoms with Crippen molar-refractivity contribution >= 4 is 5.88 Å². The largest absolute Gasteiger partial charge is 0.433 e. The topological polar surface area (TPSA) is 71.5 Å². The average Bonchev–Trinajstić information content (AvgIpc) is 2.64. The molecular weight excluding hydrogens is 234 g/mol. The fourth-order valence-electron chi connectivity index (χ4n) is 2.37. The van der Waals surface area contributed by atoms with E-state index in [1.165, 1.54) is 12.5 Å². The van der Waals surface area contributed by atoms with Crippen LogP contribution < -0.4 is 5.32 Å². The van der Waals surface area contributed by atoms with Gasteiger partial charge in [-0.2, -0.15) is 0 Å². The standard InChI is InChI=1S/C12H19N3O3/c1-14(10-3-2-7-13-8-6-10)9-11-4-5-12(18-11)15(16)17/h4-5,10,13H,2-3,6-9H2,1H3. The molecule has 0 saturated carbocycles. The Balaban J connectivity index is 1.92. The van der Waals surface area contributed by atoms with E-state index in [1.54, 1.807) is 6.07 Å². The van der Waals surface area contributed by atoms with Crippen LogP contribution in [0.2, 0.25) is 0 Å². The molecule has 0 bridgehead atoms. The van der Waals surface area contributed by atoms with Crippen LogP contribution in [0.1, 0.15) is 25.0 Å². The molecule has 0 amide bonds. The lowest BCUT2D eigenvalue weighted by molar-refractivity contribution is -0.402. The fourth-order valence-corrected chi connectivity index (χ4v) is 2.37. The van der Waals surface area contributed by atoms with E-state index in [9.17, 15) is 10.1 Å². The lowest BCUT2D eigenvalue weighted by atomic mass is 10.1. The van der Waals surface area contributed by atoms with Crippen LogP contribution in [-0.4, -0.2) is 36.0 Å². The quantitative estimate of drug-likeness (QED) is 0.654. The summed E-state index contributed by atoms with van der Waals surface area (Å²) in [5.74, 6) is 0.474. The Kier molecular flexibility index (Phi) is 4.33. The lowest BCUT2D eigenvalue weighted by Gasteiger charge is -2.25. The van der Waals surface area contributed by atoms with E-state index in [-0.39, 0.29) is 5.88 Å². The Hall–Kier alpha value is -1.40. The second kappa shape index (κ2) is 5.97. The predicted molar refractivity (Wildman–Crippen MR) is 67.3 cm³/mol. The molecule has 1 aromatic heterocycles. The first-order valence-electron chi connectivity index (χ1n) is 6.31. The summed E-state index contributed by atoms with van der Waals surface area (Å²) in [6, 6.07) is 3.62. The predicted octanol–water partition coefficient (Wildman–Crippen LogP) is 1.76. The lowest BCUT2D eigenvalue weighted by Crippen LogP contribution is -2.31. The highest BCUT2D eigenvalue weighted by Crippen LogP contribution is 2.19. The van der Waals surface area contributed by atoms with Gasteiger partial charge in [0.05, 0.1) is 12.6 Å². The third-order valence-electron chi connectivity index (χ3n) is 3.40. The number of rotatable bonds is 4. The first kappa shape index (κ1) is 13.0. The molecule has 1 fully saturated rings. The molecule has 1 unspecified atom stereocenters. The molecule has 1 atom stereocenters. The molecular formula is C12H19N3O3. The second-order valence-electron chi connectivity index (χ2n) is 4.75. The molecule has 18 heavy (non-hydrogen) atoms. The molecule has 1 aliphatic rings. The second-order valence-corrected chi connectivity index (χ2v) is 4.75. The molecule has 1 saturated heterocycles. The number of hydrogen-bond donors (Lipinski definition) is 1. The summed E-state index contributed by atoms with van der Waals surface area (Å²) < 4.78 is 5.18. The minimum absolute atomic E-state index is 0.180. The van der Waals surface area contributed by atoms with Gasteiger partial charge < -0.3 is 9.73 Å². The molecule has 1 N–H and O–H groups in total. The minimum Gasteiger partial charge on any atom is -0.404 e. The van der Waals surface area contributed by atoms with Crippen LogP contribution in [-0.2, 0) is 6.54 Å². The maximum Gasteiger partial charge on any atom is 0.433 e. The van der Waals surface area contributed by atoms with Crippen LogP contribution in [0.5, 0.6) is 0 Å². The van der Waals surface area contributed by atoms with Gasteiger partial charge in [0.25, 0.3) is 0 Å². The molecule has 1 aromatic rings. The number of nitrogens with one attached hydrogen (secondary N) is 1. The SMILES string of the molecule is CN(Cc1ccc([N+](=O)[O-])o1)C1CCCNCC1. The third kappa shape index (κ3) is 3.30. The number of nitrogens with zero attached hydrogens (tertiary/aromatic N) is 2. The van der Waals surface area contributed by atoms with E-state index in [2.05, 4.69) is 10.2 Å². The molecule has 2 heterocycles. The zero-order valence-electron chi connectivity index (χ0n) is 10.6. The van der Waals surface area contributed by atoms with E-state index < -0.39 is 4.92 Å². The van der Waals surface area contributed by atoms with Crippen molar-refractivity contribution in [3.63, 3.8) is 0 Å². The highest BCUT2D eigenvalue weighted by atomic mass is 16.6. The van der Waals surface area contributed by atoms with E-state index in [1.807, 2.05) is 7.05 Å². The van der Waals surface area contributed by atoms with Crippen LogP contribution in [0.15, 0.2) is 16.5 Å². The van der Waals surface area contributed by atoms with Gasteiger partial charge in [-0.05, 0) is 45.5 Å². The number of nitro groups is 1. The van der Waals surface area contributed by atoms with Crippen LogP contribution in [0.4, 0.5) is 5.88 Å². The first-order valence-corrected chi connectivity index (χ1v) is 6.31. The van der Waals surface area contributed by atoms with Gasteiger partial charge in [-0.25, -0.2) is 0 Å². The zero-order chi connectivity index (χ0) is 13.0. The maximum atomic E-state index is 10.5. The summed E-state index contributed by atoms with van der Waals surface area (Å²) in [6.07, 6.45) is 3.44. The Morgan fingerprint density at radius 1 is 1.50 bits per heavy atom. The van der Waals surface area contributed by atoms with Gasteiger partial charge in [-0.15, -0.1) is 0 Å². The van der Waals surface area contributed by atoms with Gasteiger partial charge in [0.1, 0.15) is 10.7 Å². The van der Waals surface area contributed by atoms with Crippen LogP contribution in [0.25, 0.3) is 0 Å². The van der Waals surface area contributed by atoms with Crippen LogP contribution in [0, 0.1) is 10.1 Å². The van der Waals surface area contributed by atoms with E-state index in [0.29, 0.717) is 18.3 Å². The molecule has 6 nitrogen and oxygen atoms in total. The van der Waals surface area contributed by atoms with Crippen molar-refractivity contribution in [1.29, 1.82) is 0 Å². The van der Waals surface area contributed by atoms with Crippen molar-refractivity contribution in [3.8, 4) is 0 Å². The summed E-state index contributed by atoms with van der Waals surface area (Å²) in [4.78, 5) is 12.3. The van der Waals surface area contributed by atoms with Crippen molar-refractivity contribution in [2.45, 2.75) is 31.8 Å². The minimum atomic E-state index is -0.501. The molecule has 0 aromatic carbocycles. The van der Waals surface area contributed by atoms with E-state index >= 15 is 0 Å². The van der Waals surface area contributed by atoms with Gasteiger partial charge >= 0.3 is 5.88 Å². The highest BCUT2D eigenvalue weighted by Gasteiger charge is 2.19. The fraction of sp³-hybridized carbons (Fsp3) is 0.667. The Bertz CT molecular complexity index is 397. The first-order chi connectivity index (χ1) is 8.66. The van der Waals surface area contributed by atoms with Crippen molar-refractivity contribution in [3.05, 3.63) is 28.0 Å². The van der Waals surface area contributed by atoms with Gasteiger partial charge in [-0.1, -0.05) is 0 Å². The Labute approximate surface area is 106 Å². The highest BCUT2D eigenvalue weighted by molar-refractivity contribution is 5.17. The molecule has 6 heteroatoms. The van der Waals surface area contributed by atoms with Gasteiger partial charge in [0.2, 0.25) is 0 Å². The van der Waals surface area contributed by atoms with Gasteiger partial charge in [-0.3, -0.25) is 15.0 Å². The molecule has 2 rings (SSSR count). The van der Waals surface area contributed by atoms with Gasteiger partial charge in [0.15, 0.2) is 0 Å². The van der Waals surface area contributed by atoms with Crippen LogP contribution >= 0.6 is 0 Å². The van der Waals surface area contributed by atoms with Crippen LogP contribution in [0.3, 0.4) is 0 Å². The zero-order valence-corrected chi connectivity index (χ0v) is 10.6. The third-order valence-corrected chi connectivity index (χ3v) is 3.40. The molecule has 1 aliphatic heterocycles. The van der Waals surface area contributed by atoms with Crippen molar-refractivity contribution in [1.82, 2.24) is 10.2 Å². The molecule has 0 radical (unpaired) electrons. The van der Waals surface area contributed by atoms with E-state index in [0.717, 1.165) is 25.9 Å².